The first-order chi connectivity index (χ1) is 14.4. The molecule has 0 unspecified atom stereocenters. The van der Waals surface area contributed by atoms with Gasteiger partial charge in [-0.15, -0.1) is 0 Å². The molecule has 31 heavy (non-hydrogen) atoms. The first kappa shape index (κ1) is 24.5. The highest BCUT2D eigenvalue weighted by molar-refractivity contribution is 5.68. The van der Waals surface area contributed by atoms with Gasteiger partial charge < -0.3 is 29.8 Å². The molecule has 0 radical (unpaired) electrons. The summed E-state index contributed by atoms with van der Waals surface area (Å²) in [7, 11) is 0. The fraction of sp³-hybridized carbons (Fsp3) is 0.591. The zero-order chi connectivity index (χ0) is 23.2. The molecule has 0 saturated carbocycles. The van der Waals surface area contributed by atoms with E-state index in [-0.39, 0.29) is 6.54 Å². The molecule has 2 rings (SSSR count). The number of nitrogens with zero attached hydrogens (tertiary/aromatic N) is 3. The third-order valence-electron chi connectivity index (χ3n) is 4.17. The molecule has 0 aromatic carbocycles. The third-order valence-corrected chi connectivity index (χ3v) is 4.17. The molecule has 0 aliphatic carbocycles. The van der Waals surface area contributed by atoms with Gasteiger partial charge in [-0.25, -0.2) is 14.6 Å². The van der Waals surface area contributed by atoms with Gasteiger partial charge in [0, 0.05) is 25.8 Å². The lowest BCUT2D eigenvalue weighted by atomic mass is 10.2. The molecule has 0 spiro atoms. The van der Waals surface area contributed by atoms with E-state index >= 15 is 0 Å². The quantitative estimate of drug-likeness (QED) is 0.647. The van der Waals surface area contributed by atoms with Crippen LogP contribution in [0.1, 0.15) is 59.4 Å². The standard InChI is InChI=1S/C22H35N5O4/c1-21(2,3)30-19(28)24-11-9-12-26(20(29)31-22(4,5)6)15-17-16(14-23)25-18-10-7-8-13-27(17)18/h7-8,10,13H,9,11-12,14-15,23H2,1-6H3,(H,24,28). The Hall–Kier alpha value is -2.81. The van der Waals surface area contributed by atoms with Gasteiger partial charge in [0.2, 0.25) is 0 Å². The van der Waals surface area contributed by atoms with Gasteiger partial charge in [-0.3, -0.25) is 0 Å². The van der Waals surface area contributed by atoms with Crippen molar-refractivity contribution in [2.24, 2.45) is 5.73 Å². The molecule has 3 N–H and O–H groups in total. The van der Waals surface area contributed by atoms with Crippen LogP contribution < -0.4 is 11.1 Å². The number of pyridine rings is 1. The van der Waals surface area contributed by atoms with E-state index in [0.29, 0.717) is 26.1 Å². The summed E-state index contributed by atoms with van der Waals surface area (Å²) < 4.78 is 12.8. The van der Waals surface area contributed by atoms with Gasteiger partial charge >= 0.3 is 12.2 Å². The number of alkyl carbamates (subject to hydrolysis) is 1. The summed E-state index contributed by atoms with van der Waals surface area (Å²) >= 11 is 0. The summed E-state index contributed by atoms with van der Waals surface area (Å²) in [5.41, 5.74) is 7.05. The zero-order valence-electron chi connectivity index (χ0n) is 19.4. The summed E-state index contributed by atoms with van der Waals surface area (Å²) in [5.74, 6) is 0. The highest BCUT2D eigenvalue weighted by atomic mass is 16.6. The van der Waals surface area contributed by atoms with Gasteiger partial charge in [0.15, 0.2) is 0 Å². The molecule has 2 amide bonds. The second-order valence-corrected chi connectivity index (χ2v) is 9.32. The van der Waals surface area contributed by atoms with Crippen molar-refractivity contribution in [1.29, 1.82) is 0 Å². The number of nitrogens with two attached hydrogens (primary N) is 1. The fourth-order valence-electron chi connectivity index (χ4n) is 2.94. The predicted molar refractivity (Wildman–Crippen MR) is 119 cm³/mol. The van der Waals surface area contributed by atoms with Gasteiger partial charge in [0.1, 0.15) is 16.8 Å². The second kappa shape index (κ2) is 10.00. The van der Waals surface area contributed by atoms with Crippen molar-refractivity contribution < 1.29 is 19.1 Å². The van der Waals surface area contributed by atoms with Gasteiger partial charge in [-0.1, -0.05) is 6.07 Å². The Morgan fingerprint density at radius 2 is 1.81 bits per heavy atom. The topological polar surface area (TPSA) is 111 Å². The molecule has 2 aromatic heterocycles. The minimum atomic E-state index is -0.625. The molecule has 0 bridgehead atoms. The van der Waals surface area contributed by atoms with E-state index in [0.717, 1.165) is 17.0 Å². The van der Waals surface area contributed by atoms with Crippen molar-refractivity contribution in [2.45, 2.75) is 72.3 Å². The minimum absolute atomic E-state index is 0.263. The van der Waals surface area contributed by atoms with Crippen LogP contribution in [-0.4, -0.2) is 50.8 Å². The van der Waals surface area contributed by atoms with Crippen molar-refractivity contribution in [2.75, 3.05) is 13.1 Å². The predicted octanol–water partition coefficient (Wildman–Crippen LogP) is 3.44. The Labute approximate surface area is 183 Å². The zero-order valence-corrected chi connectivity index (χ0v) is 19.4. The summed E-state index contributed by atoms with van der Waals surface area (Å²) in [4.78, 5) is 30.9. The maximum Gasteiger partial charge on any atom is 0.410 e. The number of hydrogen-bond donors (Lipinski definition) is 2. The van der Waals surface area contributed by atoms with Crippen LogP contribution in [0, 0.1) is 0 Å². The van der Waals surface area contributed by atoms with E-state index in [1.165, 1.54) is 0 Å². The molecule has 0 aliphatic rings. The molecule has 172 valence electrons. The largest absolute Gasteiger partial charge is 0.444 e. The number of imidazole rings is 1. The lowest BCUT2D eigenvalue weighted by molar-refractivity contribution is 0.0228. The first-order valence-corrected chi connectivity index (χ1v) is 10.5. The lowest BCUT2D eigenvalue weighted by Gasteiger charge is -2.27. The van der Waals surface area contributed by atoms with Crippen LogP contribution in [0.4, 0.5) is 9.59 Å². The third kappa shape index (κ3) is 7.75. The molecule has 0 fully saturated rings. The average molecular weight is 434 g/mol. The van der Waals surface area contributed by atoms with Crippen LogP contribution in [-0.2, 0) is 22.6 Å². The monoisotopic (exact) mass is 433 g/mol. The Balaban J connectivity index is 2.11. The smallest absolute Gasteiger partial charge is 0.410 e. The number of nitrogens with one attached hydrogen (secondary N) is 1. The normalized spacial score (nSPS) is 12.0. The lowest BCUT2D eigenvalue weighted by Crippen LogP contribution is -2.39. The molecular weight excluding hydrogens is 398 g/mol. The number of carbonyl (C=O) groups is 2. The average Bonchev–Trinajstić information content (AvgIpc) is 2.99. The molecule has 2 aromatic rings. The van der Waals surface area contributed by atoms with Gasteiger partial charge in [0.25, 0.3) is 0 Å². The summed E-state index contributed by atoms with van der Waals surface area (Å²) in [5, 5.41) is 2.72. The Morgan fingerprint density at radius 1 is 1.13 bits per heavy atom. The maximum absolute atomic E-state index is 12.9. The Morgan fingerprint density at radius 3 is 2.42 bits per heavy atom. The van der Waals surface area contributed by atoms with Crippen LogP contribution in [0.2, 0.25) is 0 Å². The summed E-state index contributed by atoms with van der Waals surface area (Å²) in [6.07, 6.45) is 1.52. The van der Waals surface area contributed by atoms with Crippen LogP contribution in [0.5, 0.6) is 0 Å². The van der Waals surface area contributed by atoms with Crippen LogP contribution in [0.3, 0.4) is 0 Å². The number of fused-ring (bicyclic) bond motifs is 1. The van der Waals surface area contributed by atoms with E-state index in [4.69, 9.17) is 15.2 Å². The van der Waals surface area contributed by atoms with E-state index in [1.54, 1.807) is 4.90 Å². The molecule has 0 aliphatic heterocycles. The molecular formula is C22H35N5O4. The van der Waals surface area contributed by atoms with E-state index < -0.39 is 23.4 Å². The van der Waals surface area contributed by atoms with Crippen molar-refractivity contribution in [1.82, 2.24) is 19.6 Å². The van der Waals surface area contributed by atoms with Gasteiger partial charge in [-0.05, 0) is 60.1 Å². The number of rotatable bonds is 7. The first-order valence-electron chi connectivity index (χ1n) is 10.5. The van der Waals surface area contributed by atoms with Crippen molar-refractivity contribution in [3.63, 3.8) is 0 Å². The van der Waals surface area contributed by atoms with Crippen LogP contribution in [0.15, 0.2) is 24.4 Å². The Bertz CT molecular complexity index is 895. The van der Waals surface area contributed by atoms with E-state index in [1.807, 2.05) is 70.3 Å². The molecule has 9 nitrogen and oxygen atoms in total. The molecule has 0 saturated heterocycles. The number of carbonyl (C=O) groups excluding carboxylic acids is 2. The number of amides is 2. The second-order valence-electron chi connectivity index (χ2n) is 9.32. The fourth-order valence-corrected chi connectivity index (χ4v) is 2.94. The maximum atomic E-state index is 12.9. The van der Waals surface area contributed by atoms with Crippen molar-refractivity contribution in [3.05, 3.63) is 35.8 Å². The highest BCUT2D eigenvalue weighted by Crippen LogP contribution is 2.17. The van der Waals surface area contributed by atoms with E-state index in [9.17, 15) is 9.59 Å². The number of ether oxygens (including phenoxy) is 2. The summed E-state index contributed by atoms with van der Waals surface area (Å²) in [6.45, 7) is 12.2. The van der Waals surface area contributed by atoms with Crippen molar-refractivity contribution in [3.8, 4) is 0 Å². The van der Waals surface area contributed by atoms with E-state index in [2.05, 4.69) is 10.3 Å². The van der Waals surface area contributed by atoms with Crippen LogP contribution >= 0.6 is 0 Å². The van der Waals surface area contributed by atoms with Crippen molar-refractivity contribution >= 4 is 17.8 Å². The molecule has 2 heterocycles. The van der Waals surface area contributed by atoms with Gasteiger partial charge in [-0.2, -0.15) is 0 Å². The highest BCUT2D eigenvalue weighted by Gasteiger charge is 2.24. The van der Waals surface area contributed by atoms with Gasteiger partial charge in [0.05, 0.1) is 17.9 Å². The molecule has 9 heteroatoms. The SMILES string of the molecule is CC(C)(C)OC(=O)NCCCN(Cc1c(CN)nc2ccccn12)C(=O)OC(C)(C)C. The number of hydrogen-bond acceptors (Lipinski definition) is 6. The van der Waals surface area contributed by atoms with Crippen LogP contribution in [0.25, 0.3) is 5.65 Å². The summed E-state index contributed by atoms with van der Waals surface area (Å²) in [6, 6.07) is 5.70. The Kier molecular flexibility index (Phi) is 7.89. The molecule has 0 atom stereocenters. The minimum Gasteiger partial charge on any atom is -0.444 e. The number of aromatic nitrogens is 2.